The van der Waals surface area contributed by atoms with E-state index in [9.17, 15) is 4.79 Å². The summed E-state index contributed by atoms with van der Waals surface area (Å²) in [5, 5.41) is 13.0. The molecule has 2 fully saturated rings. The molecule has 3 aromatic carbocycles. The normalized spacial score (nSPS) is 20.3. The van der Waals surface area contributed by atoms with Gasteiger partial charge in [0.1, 0.15) is 30.8 Å². The van der Waals surface area contributed by atoms with Crippen molar-refractivity contribution in [2.75, 3.05) is 49.2 Å². The van der Waals surface area contributed by atoms with Crippen LogP contribution in [0.5, 0.6) is 5.75 Å². The minimum Gasteiger partial charge on any atom is -0.491 e. The van der Waals surface area contributed by atoms with Gasteiger partial charge in [-0.2, -0.15) is 20.1 Å². The van der Waals surface area contributed by atoms with Gasteiger partial charge in [-0.1, -0.05) is 37.3 Å². The molecule has 4 heterocycles. The van der Waals surface area contributed by atoms with Gasteiger partial charge in [-0.05, 0) is 68.8 Å². The summed E-state index contributed by atoms with van der Waals surface area (Å²) in [6.45, 7) is 10.7. The molecule has 5 aromatic rings. The van der Waals surface area contributed by atoms with Crippen LogP contribution in [-0.4, -0.2) is 74.8 Å². The van der Waals surface area contributed by atoms with Crippen LogP contribution in [0.2, 0.25) is 0 Å². The van der Waals surface area contributed by atoms with Crippen LogP contribution in [0.15, 0.2) is 96.1 Å². The Balaban J connectivity index is 0.920. The van der Waals surface area contributed by atoms with Crippen molar-refractivity contribution in [1.29, 1.82) is 0 Å². The number of rotatable bonds is 11. The van der Waals surface area contributed by atoms with E-state index < -0.39 is 5.79 Å². The van der Waals surface area contributed by atoms with Gasteiger partial charge in [0.25, 0.3) is 0 Å². The van der Waals surface area contributed by atoms with E-state index >= 15 is 0 Å². The molecular weight excluding hydrogens is 608 g/mol. The van der Waals surface area contributed by atoms with Crippen LogP contribution in [-0.2, 0) is 21.8 Å². The molecule has 2 aliphatic rings. The molecule has 0 bridgehead atoms. The summed E-state index contributed by atoms with van der Waals surface area (Å²) in [5.41, 5.74) is 3.98. The molecular formula is C36H42N8O4. The minimum atomic E-state index is -0.974. The van der Waals surface area contributed by atoms with E-state index in [1.54, 1.807) is 26.4 Å². The summed E-state index contributed by atoms with van der Waals surface area (Å²) >= 11 is 0. The van der Waals surface area contributed by atoms with E-state index in [0.29, 0.717) is 25.6 Å². The summed E-state index contributed by atoms with van der Waals surface area (Å²) in [6.07, 6.45) is 3.91. The van der Waals surface area contributed by atoms with Crippen LogP contribution in [0, 0.1) is 6.92 Å². The van der Waals surface area contributed by atoms with Gasteiger partial charge in [0, 0.05) is 43.1 Å². The lowest BCUT2D eigenvalue weighted by atomic mass is 10.1. The summed E-state index contributed by atoms with van der Waals surface area (Å²) in [6, 6.07) is 26.5. The van der Waals surface area contributed by atoms with Gasteiger partial charge in [-0.3, -0.25) is 0 Å². The number of hydrogen-bond acceptors (Lipinski definition) is 9. The van der Waals surface area contributed by atoms with Crippen LogP contribution in [0.3, 0.4) is 0 Å². The molecule has 7 rings (SSSR count). The highest BCUT2D eigenvalue weighted by atomic mass is 16.8. The molecule has 0 aliphatic carbocycles. The third-order valence-corrected chi connectivity index (χ3v) is 9.25. The maximum Gasteiger partial charge on any atom is 0.350 e. The minimum absolute atomic E-state index is 0.0663. The highest BCUT2D eigenvalue weighted by Gasteiger charge is 2.44. The van der Waals surface area contributed by atoms with Crippen molar-refractivity contribution in [3.8, 4) is 11.4 Å². The first-order valence-electron chi connectivity index (χ1n) is 16.7. The van der Waals surface area contributed by atoms with E-state index in [1.165, 1.54) is 5.69 Å². The lowest BCUT2D eigenvalue weighted by Gasteiger charge is -2.37. The number of nitrogens with zero attached hydrogens (tertiary/aromatic N) is 8. The summed E-state index contributed by atoms with van der Waals surface area (Å²) in [4.78, 5) is 19.4. The number of anilines is 2. The zero-order valence-corrected chi connectivity index (χ0v) is 27.7. The molecule has 0 spiro atoms. The Kier molecular flexibility index (Phi) is 9.00. The van der Waals surface area contributed by atoms with E-state index in [1.807, 2.05) is 68.4 Å². The molecule has 0 saturated carbocycles. The molecule has 12 heteroatoms. The summed E-state index contributed by atoms with van der Waals surface area (Å²) in [5.74, 6) is 0.511. The van der Waals surface area contributed by atoms with Crippen molar-refractivity contribution in [2.45, 2.75) is 51.7 Å². The lowest BCUT2D eigenvalue weighted by molar-refractivity contribution is -0.192. The summed E-state index contributed by atoms with van der Waals surface area (Å²) in [7, 11) is 0. The molecule has 1 unspecified atom stereocenters. The van der Waals surface area contributed by atoms with Gasteiger partial charge < -0.3 is 24.0 Å². The Hall–Kier alpha value is -4.94. The molecule has 250 valence electrons. The fourth-order valence-electron chi connectivity index (χ4n) is 6.40. The van der Waals surface area contributed by atoms with Crippen molar-refractivity contribution in [3.63, 3.8) is 0 Å². The van der Waals surface area contributed by atoms with Crippen LogP contribution >= 0.6 is 0 Å². The van der Waals surface area contributed by atoms with E-state index in [-0.39, 0.29) is 17.8 Å². The Bertz CT molecular complexity index is 1830. The number of hydrogen-bond donors (Lipinski definition) is 0. The zero-order valence-electron chi connectivity index (χ0n) is 27.7. The number of aromatic nitrogens is 6. The first kappa shape index (κ1) is 31.6. The first-order chi connectivity index (χ1) is 23.4. The monoisotopic (exact) mass is 650 g/mol. The predicted octanol–water partition coefficient (Wildman–Crippen LogP) is 4.58. The SMILES string of the molecule is CCC(C)n1nc(C)n(-c2ccc(N3CCN(c4ccc(OC[C@@H]5CO[C@@](Cn6nccn6)(c6ccccc6)O5)cc4)CC3)cc2)c1=O. The maximum atomic E-state index is 13.0. The van der Waals surface area contributed by atoms with Gasteiger partial charge in [0.05, 0.1) is 30.7 Å². The second-order valence-corrected chi connectivity index (χ2v) is 12.4. The molecule has 12 nitrogen and oxygen atoms in total. The molecule has 3 atom stereocenters. The fourth-order valence-corrected chi connectivity index (χ4v) is 6.40. The Morgan fingerprint density at radius 1 is 0.875 bits per heavy atom. The maximum absolute atomic E-state index is 13.0. The van der Waals surface area contributed by atoms with E-state index in [2.05, 4.69) is 56.3 Å². The lowest BCUT2D eigenvalue weighted by Crippen LogP contribution is -2.46. The van der Waals surface area contributed by atoms with Crippen LogP contribution < -0.4 is 20.2 Å². The van der Waals surface area contributed by atoms with E-state index in [4.69, 9.17) is 14.2 Å². The quantitative estimate of drug-likeness (QED) is 0.203. The van der Waals surface area contributed by atoms with Gasteiger partial charge in [0.15, 0.2) is 0 Å². The topological polar surface area (TPSA) is 105 Å². The van der Waals surface area contributed by atoms with Crippen molar-refractivity contribution in [1.82, 2.24) is 29.3 Å². The molecule has 0 amide bonds. The van der Waals surface area contributed by atoms with Gasteiger partial charge in [-0.25, -0.2) is 14.0 Å². The first-order valence-corrected chi connectivity index (χ1v) is 16.7. The largest absolute Gasteiger partial charge is 0.491 e. The third-order valence-electron chi connectivity index (χ3n) is 9.25. The van der Waals surface area contributed by atoms with Gasteiger partial charge >= 0.3 is 5.69 Å². The van der Waals surface area contributed by atoms with Crippen LogP contribution in [0.25, 0.3) is 5.69 Å². The number of ether oxygens (including phenoxy) is 3. The highest BCUT2D eigenvalue weighted by molar-refractivity contribution is 5.55. The van der Waals surface area contributed by atoms with Crippen LogP contribution in [0.4, 0.5) is 11.4 Å². The molecule has 2 aromatic heterocycles. The second kappa shape index (κ2) is 13.7. The molecule has 0 N–H and O–H groups in total. The second-order valence-electron chi connectivity index (χ2n) is 12.4. The highest BCUT2D eigenvalue weighted by Crippen LogP contribution is 2.36. The van der Waals surface area contributed by atoms with Gasteiger partial charge in [0.2, 0.25) is 5.79 Å². The van der Waals surface area contributed by atoms with Crippen molar-refractivity contribution >= 4 is 11.4 Å². The molecule has 48 heavy (non-hydrogen) atoms. The molecule has 2 aliphatic heterocycles. The van der Waals surface area contributed by atoms with Crippen molar-refractivity contribution in [2.24, 2.45) is 0 Å². The average molecular weight is 651 g/mol. The van der Waals surface area contributed by atoms with Gasteiger partial charge in [-0.15, -0.1) is 0 Å². The molecule has 2 saturated heterocycles. The Morgan fingerprint density at radius 3 is 2.10 bits per heavy atom. The third kappa shape index (κ3) is 6.45. The average Bonchev–Trinajstić information content (AvgIpc) is 3.88. The Morgan fingerprint density at radius 2 is 1.48 bits per heavy atom. The van der Waals surface area contributed by atoms with Crippen molar-refractivity contribution < 1.29 is 14.2 Å². The van der Waals surface area contributed by atoms with Crippen LogP contribution in [0.1, 0.15) is 37.7 Å². The smallest absolute Gasteiger partial charge is 0.350 e. The standard InChI is InChI=1S/C36H42N8O4/c1-4-27(2)44-35(45)43(28(3)39-44)32-12-10-30(11-13-32)40-20-22-41(23-21-40)31-14-16-33(17-15-31)46-24-34-25-47-36(48-34,26-42-37-18-19-38-42)29-8-6-5-7-9-29/h5-19,27,34H,4,20-26H2,1-3H3/t27?,34-,36-/m1/s1. The number of piperazine rings is 1. The van der Waals surface area contributed by atoms with E-state index in [0.717, 1.165) is 55.3 Å². The zero-order chi connectivity index (χ0) is 33.1. The number of benzene rings is 3. The Labute approximate surface area is 280 Å². The predicted molar refractivity (Wildman–Crippen MR) is 183 cm³/mol. The van der Waals surface area contributed by atoms with Crippen molar-refractivity contribution in [3.05, 3.63) is 113 Å². The molecule has 0 radical (unpaired) electrons. The fraction of sp³-hybridized carbons (Fsp3) is 0.389. The number of aryl methyl sites for hydroxylation is 1. The summed E-state index contributed by atoms with van der Waals surface area (Å²) < 4.78 is 22.1.